The van der Waals surface area contributed by atoms with Gasteiger partial charge in [0.15, 0.2) is 11.5 Å². The van der Waals surface area contributed by atoms with Crippen molar-refractivity contribution < 1.29 is 19.0 Å². The van der Waals surface area contributed by atoms with Crippen LogP contribution in [0.1, 0.15) is 39.7 Å². The number of para-hydroxylation sites is 3. The van der Waals surface area contributed by atoms with E-state index >= 15 is 0 Å². The van der Waals surface area contributed by atoms with Crippen molar-refractivity contribution >= 4 is 27.9 Å². The van der Waals surface area contributed by atoms with Gasteiger partial charge in [0.25, 0.3) is 5.91 Å². The third-order valence-electron chi connectivity index (χ3n) is 5.51. The molecule has 0 saturated carbocycles. The number of ether oxygens (including phenoxy) is 3. The van der Waals surface area contributed by atoms with E-state index in [1.54, 1.807) is 25.6 Å². The van der Waals surface area contributed by atoms with Crippen molar-refractivity contribution in [1.82, 2.24) is 0 Å². The Balaban J connectivity index is 1.60. The number of benzene rings is 2. The van der Waals surface area contributed by atoms with E-state index in [1.807, 2.05) is 49.4 Å². The van der Waals surface area contributed by atoms with Gasteiger partial charge in [0, 0.05) is 17.0 Å². The molecule has 1 aliphatic carbocycles. The number of anilines is 2. The summed E-state index contributed by atoms with van der Waals surface area (Å²) < 4.78 is 16.6. The van der Waals surface area contributed by atoms with Crippen LogP contribution in [0.3, 0.4) is 0 Å². The van der Waals surface area contributed by atoms with Gasteiger partial charge in [0.1, 0.15) is 10.8 Å². The molecule has 2 aromatic carbocycles. The minimum Gasteiger partial charge on any atom is -0.493 e. The fraction of sp³-hybridized carbons (Fsp3) is 0.320. The van der Waals surface area contributed by atoms with Crippen LogP contribution in [0.15, 0.2) is 42.5 Å². The lowest BCUT2D eigenvalue weighted by Crippen LogP contribution is -2.16. The lowest BCUT2D eigenvalue weighted by atomic mass is 10.1. The second kappa shape index (κ2) is 9.96. The molecule has 6 nitrogen and oxygen atoms in total. The molecule has 0 spiro atoms. The zero-order valence-corrected chi connectivity index (χ0v) is 19.4. The molecule has 1 heterocycles. The molecule has 32 heavy (non-hydrogen) atoms. The fourth-order valence-electron chi connectivity index (χ4n) is 4.07. The Morgan fingerprint density at radius 1 is 1.03 bits per heavy atom. The highest BCUT2D eigenvalue weighted by molar-refractivity contribution is 7.16. The first kappa shape index (κ1) is 22.0. The molecule has 3 aromatic rings. The molecule has 168 valence electrons. The van der Waals surface area contributed by atoms with Gasteiger partial charge >= 0.3 is 0 Å². The van der Waals surface area contributed by atoms with Gasteiger partial charge < -0.3 is 24.8 Å². The average Bonchev–Trinajstić information content (AvgIpc) is 3.39. The highest BCUT2D eigenvalue weighted by Gasteiger charge is 2.27. The maximum absolute atomic E-state index is 13.4. The average molecular weight is 453 g/mol. The number of thiophene rings is 1. The SMILES string of the molecule is CCOc1ccccc1NC(=O)c1c(NCc2cccc(OC)c2OC)sc2c1CCC2. The summed E-state index contributed by atoms with van der Waals surface area (Å²) in [4.78, 5) is 14.7. The van der Waals surface area contributed by atoms with E-state index in [-0.39, 0.29) is 5.91 Å². The number of aryl methyl sites for hydroxylation is 1. The van der Waals surface area contributed by atoms with Crippen LogP contribution in [-0.4, -0.2) is 26.7 Å². The normalized spacial score (nSPS) is 12.2. The first-order valence-electron chi connectivity index (χ1n) is 10.8. The molecule has 0 unspecified atom stereocenters. The monoisotopic (exact) mass is 452 g/mol. The van der Waals surface area contributed by atoms with Gasteiger partial charge in [0.2, 0.25) is 0 Å². The van der Waals surface area contributed by atoms with E-state index in [1.165, 1.54) is 4.88 Å². The summed E-state index contributed by atoms with van der Waals surface area (Å²) >= 11 is 1.67. The Kier molecular flexibility index (Phi) is 6.85. The Labute approximate surface area is 192 Å². The molecule has 1 aromatic heterocycles. The first-order chi connectivity index (χ1) is 15.7. The highest BCUT2D eigenvalue weighted by atomic mass is 32.1. The molecule has 7 heteroatoms. The van der Waals surface area contributed by atoms with Crippen LogP contribution in [0.2, 0.25) is 0 Å². The number of hydrogen-bond acceptors (Lipinski definition) is 6. The summed E-state index contributed by atoms with van der Waals surface area (Å²) in [7, 11) is 3.26. The quantitative estimate of drug-likeness (QED) is 0.448. The molecule has 1 amide bonds. The number of fused-ring (bicyclic) bond motifs is 1. The van der Waals surface area contributed by atoms with Crippen LogP contribution in [0.5, 0.6) is 17.2 Å². The van der Waals surface area contributed by atoms with Crippen LogP contribution < -0.4 is 24.8 Å². The number of rotatable bonds is 9. The number of nitrogens with one attached hydrogen (secondary N) is 2. The molecule has 0 fully saturated rings. The first-order valence-corrected chi connectivity index (χ1v) is 11.6. The third-order valence-corrected chi connectivity index (χ3v) is 6.76. The molecule has 0 aliphatic heterocycles. The fourth-order valence-corrected chi connectivity index (χ4v) is 5.36. The van der Waals surface area contributed by atoms with Gasteiger partial charge in [-0.1, -0.05) is 24.3 Å². The smallest absolute Gasteiger partial charge is 0.259 e. The van der Waals surface area contributed by atoms with E-state index in [2.05, 4.69) is 10.6 Å². The van der Waals surface area contributed by atoms with Gasteiger partial charge in [0.05, 0.1) is 32.1 Å². The second-order valence-electron chi connectivity index (χ2n) is 7.45. The summed E-state index contributed by atoms with van der Waals surface area (Å²) in [5.41, 5.74) is 3.53. The van der Waals surface area contributed by atoms with Gasteiger partial charge in [-0.3, -0.25) is 4.79 Å². The number of amides is 1. The predicted molar refractivity (Wildman–Crippen MR) is 129 cm³/mol. The second-order valence-corrected chi connectivity index (χ2v) is 8.56. The van der Waals surface area contributed by atoms with Gasteiger partial charge in [-0.15, -0.1) is 11.3 Å². The maximum atomic E-state index is 13.4. The molecule has 0 radical (unpaired) electrons. The molecule has 0 saturated heterocycles. The van der Waals surface area contributed by atoms with Crippen molar-refractivity contribution in [1.29, 1.82) is 0 Å². The minimum absolute atomic E-state index is 0.114. The van der Waals surface area contributed by atoms with E-state index in [4.69, 9.17) is 14.2 Å². The number of carbonyl (C=O) groups is 1. The predicted octanol–water partition coefficient (Wildman–Crippen LogP) is 5.52. The van der Waals surface area contributed by atoms with Crippen LogP contribution in [0.4, 0.5) is 10.7 Å². The van der Waals surface area contributed by atoms with Crippen molar-refractivity contribution in [2.75, 3.05) is 31.5 Å². The van der Waals surface area contributed by atoms with Crippen molar-refractivity contribution in [3.8, 4) is 17.2 Å². The van der Waals surface area contributed by atoms with Gasteiger partial charge in [-0.05, 0) is 49.9 Å². The largest absolute Gasteiger partial charge is 0.493 e. The summed E-state index contributed by atoms with van der Waals surface area (Å²) in [6.45, 7) is 2.99. The van der Waals surface area contributed by atoms with Gasteiger partial charge in [-0.2, -0.15) is 0 Å². The number of carbonyl (C=O) groups excluding carboxylic acids is 1. The third kappa shape index (κ3) is 4.39. The summed E-state index contributed by atoms with van der Waals surface area (Å²) in [5, 5.41) is 7.43. The molecule has 4 rings (SSSR count). The molecule has 1 aliphatic rings. The Morgan fingerprint density at radius 3 is 2.62 bits per heavy atom. The summed E-state index contributed by atoms with van der Waals surface area (Å²) in [5.74, 6) is 1.94. The van der Waals surface area contributed by atoms with Crippen LogP contribution >= 0.6 is 11.3 Å². The van der Waals surface area contributed by atoms with Crippen molar-refractivity contribution in [3.05, 3.63) is 64.0 Å². The molecule has 2 N–H and O–H groups in total. The Bertz CT molecular complexity index is 1110. The minimum atomic E-state index is -0.114. The van der Waals surface area contributed by atoms with E-state index in [0.29, 0.717) is 36.1 Å². The Morgan fingerprint density at radius 2 is 1.84 bits per heavy atom. The number of hydrogen-bond donors (Lipinski definition) is 2. The van der Waals surface area contributed by atoms with Crippen LogP contribution in [-0.2, 0) is 19.4 Å². The summed E-state index contributed by atoms with van der Waals surface area (Å²) in [6.07, 6.45) is 3.02. The molecular formula is C25H28N2O4S. The lowest BCUT2D eigenvalue weighted by Gasteiger charge is -2.15. The van der Waals surface area contributed by atoms with E-state index in [9.17, 15) is 4.79 Å². The number of methoxy groups -OCH3 is 2. The highest BCUT2D eigenvalue weighted by Crippen LogP contribution is 2.40. The van der Waals surface area contributed by atoms with E-state index in [0.717, 1.165) is 41.0 Å². The molecule has 0 bridgehead atoms. The van der Waals surface area contributed by atoms with Crippen LogP contribution in [0.25, 0.3) is 0 Å². The summed E-state index contributed by atoms with van der Waals surface area (Å²) in [6, 6.07) is 13.3. The molecular weight excluding hydrogens is 424 g/mol. The van der Waals surface area contributed by atoms with Crippen LogP contribution in [0, 0.1) is 0 Å². The zero-order valence-electron chi connectivity index (χ0n) is 18.6. The lowest BCUT2D eigenvalue weighted by molar-refractivity contribution is 0.102. The maximum Gasteiger partial charge on any atom is 0.259 e. The van der Waals surface area contributed by atoms with Crippen molar-refractivity contribution in [3.63, 3.8) is 0 Å². The standard InChI is InChI=1S/C25H28N2O4S/c1-4-31-19-12-6-5-11-18(19)27-24(28)22-17-10-8-14-21(17)32-25(22)26-15-16-9-7-13-20(29-2)23(16)30-3/h5-7,9,11-13,26H,4,8,10,14-15H2,1-3H3,(H,27,28). The topological polar surface area (TPSA) is 68.8 Å². The van der Waals surface area contributed by atoms with Crippen molar-refractivity contribution in [2.45, 2.75) is 32.7 Å². The molecule has 0 atom stereocenters. The zero-order chi connectivity index (χ0) is 22.5. The Hall–Kier alpha value is -3.19. The van der Waals surface area contributed by atoms with Crippen molar-refractivity contribution in [2.24, 2.45) is 0 Å². The van der Waals surface area contributed by atoms with Gasteiger partial charge in [-0.25, -0.2) is 0 Å². The van der Waals surface area contributed by atoms with E-state index < -0.39 is 0 Å².